The highest BCUT2D eigenvalue weighted by molar-refractivity contribution is 5.72. The van der Waals surface area contributed by atoms with Crippen molar-refractivity contribution >= 4 is 5.97 Å². The van der Waals surface area contributed by atoms with E-state index in [0.717, 1.165) is 43.7 Å². The average molecular weight is 369 g/mol. The van der Waals surface area contributed by atoms with Crippen molar-refractivity contribution in [1.82, 2.24) is 4.90 Å². The summed E-state index contributed by atoms with van der Waals surface area (Å²) in [4.78, 5) is 15.1. The molecule has 2 aliphatic carbocycles. The van der Waals surface area contributed by atoms with Gasteiger partial charge in [0.2, 0.25) is 0 Å². The summed E-state index contributed by atoms with van der Waals surface area (Å²) in [6.45, 7) is 2.99. The third-order valence-electron chi connectivity index (χ3n) is 7.13. The van der Waals surface area contributed by atoms with Gasteiger partial charge in [0.05, 0.1) is 18.6 Å². The fraction of sp³-hybridized carbons (Fsp3) is 0.591. The van der Waals surface area contributed by atoms with Crippen molar-refractivity contribution in [2.75, 3.05) is 20.7 Å². The molecule has 0 radical (unpaired) electrons. The van der Waals surface area contributed by atoms with Gasteiger partial charge < -0.3 is 14.2 Å². The molecule has 2 aliphatic heterocycles. The fourth-order valence-corrected chi connectivity index (χ4v) is 6.03. The molecular formula is C22H27NO4. The molecule has 1 saturated heterocycles. The van der Waals surface area contributed by atoms with Gasteiger partial charge in [-0.25, -0.2) is 0 Å². The van der Waals surface area contributed by atoms with Crippen LogP contribution in [0.1, 0.15) is 43.7 Å². The summed E-state index contributed by atoms with van der Waals surface area (Å²) >= 11 is 0. The molecule has 0 unspecified atom stereocenters. The van der Waals surface area contributed by atoms with Crippen LogP contribution < -0.4 is 9.47 Å². The van der Waals surface area contributed by atoms with Gasteiger partial charge in [0.25, 0.3) is 0 Å². The number of likely N-dealkylation sites (N-methyl/N-ethyl adjacent to an activating group) is 1. The second-order valence-corrected chi connectivity index (χ2v) is 8.31. The van der Waals surface area contributed by atoms with Crippen molar-refractivity contribution in [2.24, 2.45) is 0 Å². The molecule has 144 valence electrons. The minimum Gasteiger partial charge on any atom is -0.493 e. The zero-order valence-corrected chi connectivity index (χ0v) is 16.3. The van der Waals surface area contributed by atoms with Crippen LogP contribution in [0.15, 0.2) is 24.3 Å². The third-order valence-corrected chi connectivity index (χ3v) is 7.13. The Morgan fingerprint density at radius 3 is 3.04 bits per heavy atom. The van der Waals surface area contributed by atoms with Crippen molar-refractivity contribution in [3.05, 3.63) is 35.4 Å². The molecule has 5 nitrogen and oxygen atoms in total. The maximum Gasteiger partial charge on any atom is 0.306 e. The largest absolute Gasteiger partial charge is 0.493 e. The lowest BCUT2D eigenvalue weighted by Crippen LogP contribution is -2.74. The minimum absolute atomic E-state index is 0.0153. The fourth-order valence-electron chi connectivity index (χ4n) is 6.03. The Kier molecular flexibility index (Phi) is 3.64. The molecular weight excluding hydrogens is 342 g/mol. The van der Waals surface area contributed by atoms with Crippen LogP contribution in [-0.4, -0.2) is 49.3 Å². The smallest absolute Gasteiger partial charge is 0.306 e. The van der Waals surface area contributed by atoms with Gasteiger partial charge in [-0.1, -0.05) is 19.1 Å². The van der Waals surface area contributed by atoms with Crippen LogP contribution in [0.2, 0.25) is 0 Å². The second-order valence-electron chi connectivity index (χ2n) is 8.31. The van der Waals surface area contributed by atoms with E-state index in [1.54, 1.807) is 7.11 Å². The first-order valence-electron chi connectivity index (χ1n) is 10.0. The molecule has 2 bridgehead atoms. The van der Waals surface area contributed by atoms with E-state index >= 15 is 0 Å². The van der Waals surface area contributed by atoms with Crippen LogP contribution in [0.25, 0.3) is 0 Å². The second kappa shape index (κ2) is 5.74. The van der Waals surface area contributed by atoms with Gasteiger partial charge in [-0.15, -0.1) is 0 Å². The van der Waals surface area contributed by atoms with Crippen LogP contribution in [-0.2, 0) is 21.4 Å². The standard InChI is InChI=1S/C22H27NO4/c1-4-6-18(24)27-22-10-5-7-17-21(22)11-12-23(2)16(22)13-14-8-9-15(25-3)20(26-17)19(14)21/h5,8-10,16-17H,4,6-7,11-13H2,1-3H3/t16-,17+,21-,22-/m1/s1. The summed E-state index contributed by atoms with van der Waals surface area (Å²) in [5.74, 6) is 1.54. The number of nitrogens with zero attached hydrogens (tertiary/aromatic N) is 1. The zero-order valence-electron chi connectivity index (χ0n) is 16.3. The molecule has 0 aromatic heterocycles. The molecule has 1 aromatic rings. The number of hydrogen-bond acceptors (Lipinski definition) is 5. The molecule has 1 spiro atoms. The van der Waals surface area contributed by atoms with E-state index in [9.17, 15) is 4.79 Å². The molecule has 2 heterocycles. The predicted octanol–water partition coefficient (Wildman–Crippen LogP) is 3.00. The van der Waals surface area contributed by atoms with E-state index < -0.39 is 5.60 Å². The van der Waals surface area contributed by atoms with E-state index in [-0.39, 0.29) is 23.5 Å². The lowest BCUT2D eigenvalue weighted by Gasteiger charge is -2.61. The van der Waals surface area contributed by atoms with Gasteiger partial charge >= 0.3 is 5.97 Å². The lowest BCUT2D eigenvalue weighted by atomic mass is 9.51. The highest BCUT2D eigenvalue weighted by Gasteiger charge is 2.72. The van der Waals surface area contributed by atoms with Gasteiger partial charge in [-0.2, -0.15) is 0 Å². The maximum absolute atomic E-state index is 12.7. The Morgan fingerprint density at radius 2 is 2.26 bits per heavy atom. The van der Waals surface area contributed by atoms with E-state index in [1.807, 2.05) is 13.0 Å². The number of ether oxygens (including phenoxy) is 3. The Balaban J connectivity index is 1.76. The van der Waals surface area contributed by atoms with E-state index in [0.29, 0.717) is 6.42 Å². The molecule has 0 N–H and O–H groups in total. The average Bonchev–Trinajstić information content (AvgIpc) is 2.99. The molecule has 1 aromatic carbocycles. The monoisotopic (exact) mass is 369 g/mol. The summed E-state index contributed by atoms with van der Waals surface area (Å²) in [7, 11) is 3.84. The highest BCUT2D eigenvalue weighted by atomic mass is 16.6. The molecule has 5 rings (SSSR count). The van der Waals surface area contributed by atoms with Gasteiger partial charge in [-0.05, 0) is 50.6 Å². The van der Waals surface area contributed by atoms with Crippen LogP contribution >= 0.6 is 0 Å². The first-order chi connectivity index (χ1) is 13.1. The Labute approximate surface area is 160 Å². The first-order valence-corrected chi connectivity index (χ1v) is 10.0. The van der Waals surface area contributed by atoms with Crippen molar-refractivity contribution in [3.8, 4) is 11.5 Å². The number of carbonyl (C=O) groups excluding carboxylic acids is 1. The normalized spacial score (nSPS) is 35.4. The SMILES string of the molecule is CCCC(=O)O[C@@]12C=CC[C@@H]3Oc4c(OC)ccc5c4[C@@]31CCN(C)[C@@H]2C5. The van der Waals surface area contributed by atoms with Gasteiger partial charge in [0.1, 0.15) is 6.10 Å². The number of benzene rings is 1. The molecule has 1 fully saturated rings. The van der Waals surface area contributed by atoms with Crippen molar-refractivity contribution in [2.45, 2.75) is 62.2 Å². The summed E-state index contributed by atoms with van der Waals surface area (Å²) in [6.07, 6.45) is 8.16. The number of esters is 1. The molecule has 4 atom stereocenters. The number of hydrogen-bond donors (Lipinski definition) is 0. The van der Waals surface area contributed by atoms with Crippen LogP contribution in [0, 0.1) is 0 Å². The topological polar surface area (TPSA) is 48.0 Å². The van der Waals surface area contributed by atoms with E-state index in [2.05, 4.69) is 30.2 Å². The maximum atomic E-state index is 12.7. The number of methoxy groups -OCH3 is 1. The molecule has 4 aliphatic rings. The van der Waals surface area contributed by atoms with Gasteiger partial charge in [-0.3, -0.25) is 9.69 Å². The van der Waals surface area contributed by atoms with Gasteiger partial charge in [0.15, 0.2) is 17.1 Å². The number of carbonyl (C=O) groups is 1. The molecule has 27 heavy (non-hydrogen) atoms. The third kappa shape index (κ3) is 1.96. The zero-order chi connectivity index (χ0) is 18.8. The number of rotatable bonds is 4. The van der Waals surface area contributed by atoms with E-state index in [4.69, 9.17) is 14.2 Å². The van der Waals surface area contributed by atoms with Crippen LogP contribution in [0.3, 0.4) is 0 Å². The minimum atomic E-state index is -0.667. The summed E-state index contributed by atoms with van der Waals surface area (Å²) in [5, 5.41) is 0. The van der Waals surface area contributed by atoms with Crippen LogP contribution in [0.5, 0.6) is 11.5 Å². The number of piperidine rings is 1. The predicted molar refractivity (Wildman–Crippen MR) is 101 cm³/mol. The molecule has 5 heteroatoms. The Morgan fingerprint density at radius 1 is 1.41 bits per heavy atom. The van der Waals surface area contributed by atoms with Crippen molar-refractivity contribution < 1.29 is 19.0 Å². The quantitative estimate of drug-likeness (QED) is 0.603. The Bertz CT molecular complexity index is 834. The lowest BCUT2D eigenvalue weighted by molar-refractivity contribution is -0.189. The summed E-state index contributed by atoms with van der Waals surface area (Å²) in [5.41, 5.74) is 1.55. The summed E-state index contributed by atoms with van der Waals surface area (Å²) < 4.78 is 18.5. The summed E-state index contributed by atoms with van der Waals surface area (Å²) in [6, 6.07) is 4.32. The molecule has 0 amide bonds. The van der Waals surface area contributed by atoms with E-state index in [1.165, 1.54) is 11.1 Å². The van der Waals surface area contributed by atoms with Crippen molar-refractivity contribution in [1.29, 1.82) is 0 Å². The molecule has 0 saturated carbocycles. The van der Waals surface area contributed by atoms with Crippen molar-refractivity contribution in [3.63, 3.8) is 0 Å². The first kappa shape index (κ1) is 17.1. The highest BCUT2D eigenvalue weighted by Crippen LogP contribution is 2.65. The Hall–Kier alpha value is -2.01. The number of likely N-dealkylation sites (tertiary alicyclic amines) is 1. The van der Waals surface area contributed by atoms with Crippen LogP contribution in [0.4, 0.5) is 0 Å². The van der Waals surface area contributed by atoms with Gasteiger partial charge in [0, 0.05) is 18.4 Å².